The quantitative estimate of drug-likeness (QED) is 0.312. The van der Waals surface area contributed by atoms with E-state index in [0.717, 1.165) is 5.56 Å². The highest BCUT2D eigenvalue weighted by Crippen LogP contribution is 2.28. The van der Waals surface area contributed by atoms with Gasteiger partial charge in [0.1, 0.15) is 5.57 Å². The van der Waals surface area contributed by atoms with Crippen molar-refractivity contribution in [2.24, 2.45) is 0 Å². The van der Waals surface area contributed by atoms with E-state index in [1.165, 1.54) is 20.5 Å². The molecule has 0 aliphatic carbocycles. The molecule has 0 bridgehead atoms. The lowest BCUT2D eigenvalue weighted by atomic mass is 9.99. The van der Waals surface area contributed by atoms with Crippen molar-refractivity contribution in [2.45, 2.75) is 0 Å². The average molecular weight is 363 g/mol. The predicted octanol–water partition coefficient (Wildman–Crippen LogP) is 5.32. The molecule has 0 saturated carbocycles. The normalized spacial score (nSPS) is 11.6. The molecule has 0 spiro atoms. The van der Waals surface area contributed by atoms with Gasteiger partial charge in [0.05, 0.1) is 20.5 Å². The van der Waals surface area contributed by atoms with Crippen LogP contribution in [0.1, 0.15) is 16.7 Å². The molecule has 24 heavy (non-hydrogen) atoms. The largest absolute Gasteiger partial charge is 0.503 e. The van der Waals surface area contributed by atoms with Crippen molar-refractivity contribution in [3.63, 3.8) is 0 Å². The topological polar surface area (TPSA) is 35.5 Å². The summed E-state index contributed by atoms with van der Waals surface area (Å²) in [7, 11) is 2.80. The highest BCUT2D eigenvalue weighted by Gasteiger charge is 2.15. The Labute approximate surface area is 151 Å². The van der Waals surface area contributed by atoms with Crippen molar-refractivity contribution >= 4 is 46.9 Å². The van der Waals surface area contributed by atoms with Gasteiger partial charge in [-0.25, -0.2) is 4.79 Å². The molecule has 0 N–H and O–H groups in total. The summed E-state index contributed by atoms with van der Waals surface area (Å²) in [5, 5.41) is 1.11. The molecule has 2 aromatic carbocycles. The van der Waals surface area contributed by atoms with Crippen LogP contribution < -0.4 is 0 Å². The first-order valence-electron chi connectivity index (χ1n) is 7.11. The molecule has 0 radical (unpaired) electrons. The van der Waals surface area contributed by atoms with E-state index in [9.17, 15) is 4.79 Å². The summed E-state index contributed by atoms with van der Waals surface area (Å²) in [6, 6.07) is 12.7. The lowest BCUT2D eigenvalue weighted by Gasteiger charge is -2.09. The molecule has 0 aliphatic heterocycles. The second kappa shape index (κ2) is 8.57. The Bertz CT molecular complexity index is 775. The number of benzene rings is 2. The summed E-state index contributed by atoms with van der Waals surface area (Å²) >= 11 is 12.4. The van der Waals surface area contributed by atoms with Gasteiger partial charge in [-0.15, -0.1) is 0 Å². The molecule has 2 rings (SSSR count). The lowest BCUT2D eigenvalue weighted by molar-refractivity contribution is -0.133. The van der Waals surface area contributed by atoms with Gasteiger partial charge in [0, 0.05) is 15.6 Å². The van der Waals surface area contributed by atoms with Gasteiger partial charge < -0.3 is 9.47 Å². The molecule has 0 aromatic heterocycles. The molecule has 0 aliphatic rings. The molecule has 2 aromatic rings. The molecule has 0 heterocycles. The Kier molecular flexibility index (Phi) is 6.47. The second-order valence-corrected chi connectivity index (χ2v) is 5.63. The third-order valence-electron chi connectivity index (χ3n) is 3.32. The zero-order chi connectivity index (χ0) is 17.5. The molecule has 0 fully saturated rings. The number of ether oxygens (including phenoxy) is 2. The third-order valence-corrected chi connectivity index (χ3v) is 3.98. The number of hydrogen-bond donors (Lipinski definition) is 0. The predicted molar refractivity (Wildman–Crippen MR) is 98.8 cm³/mol. The Hall–Kier alpha value is -2.23. The van der Waals surface area contributed by atoms with Gasteiger partial charge in [-0.1, -0.05) is 65.7 Å². The van der Waals surface area contributed by atoms with Crippen LogP contribution >= 0.6 is 23.2 Å². The Morgan fingerprint density at radius 2 is 1.62 bits per heavy atom. The summed E-state index contributed by atoms with van der Waals surface area (Å²) < 4.78 is 9.83. The van der Waals surface area contributed by atoms with E-state index >= 15 is 0 Å². The van der Waals surface area contributed by atoms with Crippen molar-refractivity contribution in [1.29, 1.82) is 0 Å². The van der Waals surface area contributed by atoms with E-state index in [1.54, 1.807) is 18.2 Å². The first-order chi connectivity index (χ1) is 11.6. The van der Waals surface area contributed by atoms with E-state index < -0.39 is 5.97 Å². The monoisotopic (exact) mass is 362 g/mol. The highest BCUT2D eigenvalue weighted by atomic mass is 35.5. The average Bonchev–Trinajstić information content (AvgIpc) is 2.59. The fourth-order valence-electron chi connectivity index (χ4n) is 2.18. The molecular formula is C19H16Cl2O3. The van der Waals surface area contributed by atoms with Crippen LogP contribution in [0.25, 0.3) is 17.7 Å². The molecular weight excluding hydrogens is 347 g/mol. The second-order valence-electron chi connectivity index (χ2n) is 4.81. The van der Waals surface area contributed by atoms with Crippen molar-refractivity contribution in [1.82, 2.24) is 0 Å². The van der Waals surface area contributed by atoms with Crippen LogP contribution in [-0.4, -0.2) is 20.2 Å². The van der Waals surface area contributed by atoms with Gasteiger partial charge >= 0.3 is 5.97 Å². The smallest absolute Gasteiger partial charge is 0.341 e. The summed E-state index contributed by atoms with van der Waals surface area (Å²) in [4.78, 5) is 12.0. The minimum absolute atomic E-state index is 0.325. The van der Waals surface area contributed by atoms with Gasteiger partial charge in [0.15, 0.2) is 0 Å². The molecule has 124 valence electrons. The van der Waals surface area contributed by atoms with Crippen LogP contribution in [0.15, 0.2) is 48.7 Å². The third kappa shape index (κ3) is 4.19. The Morgan fingerprint density at radius 1 is 0.958 bits per heavy atom. The van der Waals surface area contributed by atoms with Crippen LogP contribution in [0.2, 0.25) is 10.0 Å². The van der Waals surface area contributed by atoms with Crippen LogP contribution in [0.3, 0.4) is 0 Å². The van der Waals surface area contributed by atoms with E-state index in [-0.39, 0.29) is 0 Å². The van der Waals surface area contributed by atoms with E-state index in [1.807, 2.05) is 36.4 Å². The highest BCUT2D eigenvalue weighted by molar-refractivity contribution is 6.37. The van der Waals surface area contributed by atoms with Crippen molar-refractivity contribution in [3.05, 3.63) is 75.5 Å². The fourth-order valence-corrected chi connectivity index (χ4v) is 2.70. The molecule has 5 heteroatoms. The summed E-state index contributed by atoms with van der Waals surface area (Å²) in [6.07, 6.45) is 5.01. The zero-order valence-electron chi connectivity index (χ0n) is 13.3. The summed E-state index contributed by atoms with van der Waals surface area (Å²) in [5.41, 5.74) is 2.53. The summed E-state index contributed by atoms with van der Waals surface area (Å²) in [5.74, 6) is -0.478. The number of hydrogen-bond acceptors (Lipinski definition) is 3. The maximum Gasteiger partial charge on any atom is 0.341 e. The van der Waals surface area contributed by atoms with Crippen molar-refractivity contribution < 1.29 is 14.3 Å². The number of esters is 1. The molecule has 0 unspecified atom stereocenters. The molecule has 0 amide bonds. The van der Waals surface area contributed by atoms with Gasteiger partial charge in [-0.3, -0.25) is 0 Å². The van der Waals surface area contributed by atoms with Crippen molar-refractivity contribution in [2.75, 3.05) is 14.2 Å². The Morgan fingerprint density at radius 3 is 2.25 bits per heavy atom. The van der Waals surface area contributed by atoms with Gasteiger partial charge in [-0.2, -0.15) is 0 Å². The maximum absolute atomic E-state index is 12.0. The Balaban J connectivity index is 2.48. The van der Waals surface area contributed by atoms with Gasteiger partial charge in [0.2, 0.25) is 0 Å². The number of carbonyl (C=O) groups is 1. The number of carbonyl (C=O) groups excluding carboxylic acids is 1. The molecule has 3 nitrogen and oxygen atoms in total. The lowest BCUT2D eigenvalue weighted by Crippen LogP contribution is -2.05. The van der Waals surface area contributed by atoms with Crippen LogP contribution in [0.4, 0.5) is 0 Å². The molecule has 0 atom stereocenters. The number of halogens is 2. The summed E-state index contributed by atoms with van der Waals surface area (Å²) in [6.45, 7) is 0. The van der Waals surface area contributed by atoms with E-state index in [4.69, 9.17) is 32.7 Å². The first kappa shape index (κ1) is 18.1. The molecule has 0 saturated heterocycles. The van der Waals surface area contributed by atoms with Crippen LogP contribution in [-0.2, 0) is 14.3 Å². The fraction of sp³-hybridized carbons (Fsp3) is 0.105. The van der Waals surface area contributed by atoms with E-state index in [0.29, 0.717) is 26.7 Å². The maximum atomic E-state index is 12.0. The van der Waals surface area contributed by atoms with Gasteiger partial charge in [0.25, 0.3) is 0 Å². The number of methoxy groups -OCH3 is 2. The van der Waals surface area contributed by atoms with Crippen LogP contribution in [0.5, 0.6) is 0 Å². The minimum Gasteiger partial charge on any atom is -0.503 e. The van der Waals surface area contributed by atoms with Crippen LogP contribution in [0, 0.1) is 0 Å². The minimum atomic E-state index is -0.478. The van der Waals surface area contributed by atoms with E-state index in [2.05, 4.69) is 0 Å². The van der Waals surface area contributed by atoms with Gasteiger partial charge in [-0.05, 0) is 23.3 Å². The standard InChI is InChI=1S/C19H16Cl2O3/c1-23-12-16(19(22)24-2)14-7-4-3-6-13(14)10-11-15-17(20)8-5-9-18(15)21/h3-12H,1-2H3. The number of rotatable bonds is 5. The SMILES string of the molecule is COC=C(C(=O)OC)c1ccccc1C=Cc1c(Cl)cccc1Cl. The zero-order valence-corrected chi connectivity index (χ0v) is 14.8. The van der Waals surface area contributed by atoms with Crippen molar-refractivity contribution in [3.8, 4) is 0 Å². The first-order valence-corrected chi connectivity index (χ1v) is 7.87.